The van der Waals surface area contributed by atoms with Crippen LogP contribution in [0.25, 0.3) is 10.6 Å². The van der Waals surface area contributed by atoms with Gasteiger partial charge in [-0.15, -0.1) is 22.7 Å². The minimum atomic E-state index is -0.0490. The Hall–Kier alpha value is -2.74. The van der Waals surface area contributed by atoms with Gasteiger partial charge in [0.05, 0.1) is 27.7 Å². The first-order valence-corrected chi connectivity index (χ1v) is 11.9. The van der Waals surface area contributed by atoms with E-state index >= 15 is 0 Å². The van der Waals surface area contributed by atoms with Gasteiger partial charge in [-0.25, -0.2) is 4.98 Å². The number of hydrogen-bond acceptors (Lipinski definition) is 5. The molecule has 0 atom stereocenters. The van der Waals surface area contributed by atoms with E-state index in [0.29, 0.717) is 13.1 Å². The van der Waals surface area contributed by atoms with Gasteiger partial charge < -0.3 is 15.6 Å². The third kappa shape index (κ3) is 4.79. The number of thiazole rings is 1. The van der Waals surface area contributed by atoms with Crippen molar-refractivity contribution in [3.05, 3.63) is 85.8 Å². The van der Waals surface area contributed by atoms with Crippen molar-refractivity contribution in [2.75, 3.05) is 0 Å². The van der Waals surface area contributed by atoms with Gasteiger partial charge in [0.25, 0.3) is 5.91 Å². The van der Waals surface area contributed by atoms with E-state index in [1.54, 1.807) is 22.7 Å². The number of aromatic nitrogens is 2. The topological polar surface area (TPSA) is 72.9 Å². The normalized spacial score (nSPS) is 11.1. The van der Waals surface area contributed by atoms with Crippen LogP contribution in [0.4, 0.5) is 0 Å². The zero-order chi connectivity index (χ0) is 22.0. The van der Waals surface area contributed by atoms with Crippen LogP contribution in [0.5, 0.6) is 0 Å². The van der Waals surface area contributed by atoms with Gasteiger partial charge in [0, 0.05) is 34.7 Å². The van der Waals surface area contributed by atoms with E-state index in [2.05, 4.69) is 32.4 Å². The van der Waals surface area contributed by atoms with Crippen molar-refractivity contribution in [3.8, 4) is 10.6 Å². The maximum Gasteiger partial charge on any atom is 0.253 e. The monoisotopic (exact) mass is 450 g/mol. The Bertz CT molecular complexity index is 1200. The summed E-state index contributed by atoms with van der Waals surface area (Å²) in [6.07, 6.45) is 0. The molecule has 0 bridgehead atoms. The van der Waals surface area contributed by atoms with Crippen molar-refractivity contribution in [2.24, 2.45) is 5.73 Å². The van der Waals surface area contributed by atoms with Crippen molar-refractivity contribution in [2.45, 2.75) is 40.4 Å². The Morgan fingerprint density at radius 1 is 1.10 bits per heavy atom. The Morgan fingerprint density at radius 2 is 1.84 bits per heavy atom. The summed E-state index contributed by atoms with van der Waals surface area (Å²) in [7, 11) is 0. The molecule has 0 spiro atoms. The fourth-order valence-corrected chi connectivity index (χ4v) is 5.22. The molecule has 0 radical (unpaired) electrons. The van der Waals surface area contributed by atoms with E-state index in [1.807, 2.05) is 51.1 Å². The molecule has 3 heterocycles. The van der Waals surface area contributed by atoms with Crippen molar-refractivity contribution >= 4 is 28.6 Å². The number of amides is 1. The highest BCUT2D eigenvalue weighted by atomic mass is 32.1. The van der Waals surface area contributed by atoms with Crippen LogP contribution in [0, 0.1) is 20.8 Å². The fraction of sp³-hybridized carbons (Fsp3) is 0.250. The first-order valence-electron chi connectivity index (χ1n) is 10.2. The van der Waals surface area contributed by atoms with E-state index in [0.717, 1.165) is 45.3 Å². The standard InChI is InChI=1S/C24H26N4OS2/c1-15-10-21(24(29)26-12-19-6-4-18(11-25)5-7-19)16(2)28(15)13-20-8-9-23(31-20)22-14-30-17(3)27-22/h4-10,14H,11-13,25H2,1-3H3,(H,26,29). The number of nitrogens with zero attached hydrogens (tertiary/aromatic N) is 2. The highest BCUT2D eigenvalue weighted by molar-refractivity contribution is 7.16. The van der Waals surface area contributed by atoms with Gasteiger partial charge >= 0.3 is 0 Å². The predicted octanol–water partition coefficient (Wildman–Crippen LogP) is 5.04. The van der Waals surface area contributed by atoms with Crippen LogP contribution >= 0.6 is 22.7 Å². The molecular weight excluding hydrogens is 424 g/mol. The maximum absolute atomic E-state index is 12.8. The lowest BCUT2D eigenvalue weighted by Crippen LogP contribution is -2.23. The zero-order valence-electron chi connectivity index (χ0n) is 17.9. The maximum atomic E-state index is 12.8. The van der Waals surface area contributed by atoms with E-state index in [9.17, 15) is 4.79 Å². The van der Waals surface area contributed by atoms with Crippen molar-refractivity contribution in [1.29, 1.82) is 0 Å². The second-order valence-corrected chi connectivity index (χ2v) is 9.82. The minimum Gasteiger partial charge on any atom is -0.348 e. The largest absolute Gasteiger partial charge is 0.348 e. The summed E-state index contributed by atoms with van der Waals surface area (Å²) in [6.45, 7) is 7.85. The van der Waals surface area contributed by atoms with Crippen LogP contribution < -0.4 is 11.1 Å². The molecule has 4 aromatic rings. The van der Waals surface area contributed by atoms with Crippen molar-refractivity contribution in [3.63, 3.8) is 0 Å². The highest BCUT2D eigenvalue weighted by Crippen LogP contribution is 2.30. The molecule has 0 aliphatic carbocycles. The van der Waals surface area contributed by atoms with Gasteiger partial charge in [-0.2, -0.15) is 0 Å². The first kappa shape index (κ1) is 21.5. The number of aryl methyl sites for hydroxylation is 2. The first-order chi connectivity index (χ1) is 14.9. The summed E-state index contributed by atoms with van der Waals surface area (Å²) >= 11 is 3.42. The highest BCUT2D eigenvalue weighted by Gasteiger charge is 2.16. The van der Waals surface area contributed by atoms with E-state index in [1.165, 1.54) is 9.75 Å². The molecule has 160 valence electrons. The number of carbonyl (C=O) groups excluding carboxylic acids is 1. The molecule has 0 unspecified atom stereocenters. The Balaban J connectivity index is 1.45. The van der Waals surface area contributed by atoms with E-state index < -0.39 is 0 Å². The van der Waals surface area contributed by atoms with Gasteiger partial charge in [-0.05, 0) is 50.1 Å². The molecule has 3 aromatic heterocycles. The SMILES string of the molecule is Cc1nc(-c2ccc(Cn3c(C)cc(C(=O)NCc4ccc(CN)cc4)c3C)s2)cs1. The summed E-state index contributed by atoms with van der Waals surface area (Å²) in [5.41, 5.74) is 11.6. The van der Waals surface area contributed by atoms with Crippen LogP contribution in [0.3, 0.4) is 0 Å². The molecule has 3 N–H and O–H groups in total. The lowest BCUT2D eigenvalue weighted by atomic mass is 10.1. The van der Waals surface area contributed by atoms with Gasteiger partial charge in [0.1, 0.15) is 0 Å². The summed E-state index contributed by atoms with van der Waals surface area (Å²) in [5.74, 6) is -0.0490. The molecule has 1 aromatic carbocycles. The number of rotatable bonds is 7. The number of carbonyl (C=O) groups is 1. The van der Waals surface area contributed by atoms with Crippen LogP contribution in [0.15, 0.2) is 47.8 Å². The lowest BCUT2D eigenvalue weighted by molar-refractivity contribution is 0.0950. The van der Waals surface area contributed by atoms with E-state index in [-0.39, 0.29) is 5.91 Å². The second-order valence-electron chi connectivity index (χ2n) is 7.59. The molecule has 0 fully saturated rings. The number of nitrogens with one attached hydrogen (secondary N) is 1. The average Bonchev–Trinajstić information content (AvgIpc) is 3.48. The molecular formula is C24H26N4OS2. The molecule has 0 saturated heterocycles. The summed E-state index contributed by atoms with van der Waals surface area (Å²) in [5, 5.41) is 6.22. The number of thiophene rings is 1. The molecule has 1 amide bonds. The molecule has 0 saturated carbocycles. The summed E-state index contributed by atoms with van der Waals surface area (Å²) < 4.78 is 2.20. The molecule has 5 nitrogen and oxygen atoms in total. The third-order valence-corrected chi connectivity index (χ3v) is 7.24. The second kappa shape index (κ2) is 9.18. The fourth-order valence-electron chi connectivity index (χ4n) is 3.58. The summed E-state index contributed by atoms with van der Waals surface area (Å²) in [4.78, 5) is 19.8. The van der Waals surface area contributed by atoms with Crippen LogP contribution in [-0.4, -0.2) is 15.5 Å². The zero-order valence-corrected chi connectivity index (χ0v) is 19.6. The van der Waals surface area contributed by atoms with Gasteiger partial charge in [-0.3, -0.25) is 4.79 Å². The quantitative estimate of drug-likeness (QED) is 0.414. The van der Waals surface area contributed by atoms with E-state index in [4.69, 9.17) is 5.73 Å². The van der Waals surface area contributed by atoms with Crippen LogP contribution in [-0.2, 0) is 19.6 Å². The molecule has 31 heavy (non-hydrogen) atoms. The Labute approximate surface area is 190 Å². The van der Waals surface area contributed by atoms with Gasteiger partial charge in [0.2, 0.25) is 0 Å². The summed E-state index contributed by atoms with van der Waals surface area (Å²) in [6, 6.07) is 14.3. The van der Waals surface area contributed by atoms with Crippen LogP contribution in [0.1, 0.15) is 42.8 Å². The Kier molecular flexibility index (Phi) is 6.36. The molecule has 4 rings (SSSR count). The molecule has 0 aliphatic heterocycles. The number of nitrogens with two attached hydrogens (primary N) is 1. The number of benzene rings is 1. The predicted molar refractivity (Wildman–Crippen MR) is 129 cm³/mol. The smallest absolute Gasteiger partial charge is 0.253 e. The van der Waals surface area contributed by atoms with Crippen molar-refractivity contribution < 1.29 is 4.79 Å². The van der Waals surface area contributed by atoms with Gasteiger partial charge in [0.15, 0.2) is 0 Å². The molecule has 0 aliphatic rings. The lowest BCUT2D eigenvalue weighted by Gasteiger charge is -2.09. The minimum absolute atomic E-state index is 0.0490. The van der Waals surface area contributed by atoms with Gasteiger partial charge in [-0.1, -0.05) is 24.3 Å². The molecule has 7 heteroatoms. The average molecular weight is 451 g/mol. The van der Waals surface area contributed by atoms with Crippen molar-refractivity contribution in [1.82, 2.24) is 14.9 Å². The number of hydrogen-bond donors (Lipinski definition) is 2. The Morgan fingerprint density at radius 3 is 2.52 bits per heavy atom. The van der Waals surface area contributed by atoms with Crippen LogP contribution in [0.2, 0.25) is 0 Å². The third-order valence-electron chi connectivity index (χ3n) is 5.38.